The second kappa shape index (κ2) is 4.31. The number of nitrogens with zero attached hydrogens (tertiary/aromatic N) is 1. The van der Waals surface area contributed by atoms with Crippen molar-refractivity contribution in [1.82, 2.24) is 0 Å². The highest BCUT2D eigenvalue weighted by molar-refractivity contribution is 5.62. The first-order chi connectivity index (χ1) is 8.05. The summed E-state index contributed by atoms with van der Waals surface area (Å²) in [4.78, 5) is 2.17. The fourth-order valence-corrected chi connectivity index (χ4v) is 2.15. The fourth-order valence-electron chi connectivity index (χ4n) is 2.15. The van der Waals surface area contributed by atoms with Gasteiger partial charge in [0.2, 0.25) is 0 Å². The van der Waals surface area contributed by atoms with Gasteiger partial charge in [-0.15, -0.1) is 6.42 Å². The molecule has 0 bridgehead atoms. The molecular formula is C14H18N2O. The first kappa shape index (κ1) is 11.8. The van der Waals surface area contributed by atoms with Crippen LogP contribution in [0.4, 0.5) is 5.69 Å². The van der Waals surface area contributed by atoms with Gasteiger partial charge < -0.3 is 15.4 Å². The van der Waals surface area contributed by atoms with Gasteiger partial charge in [0, 0.05) is 6.54 Å². The van der Waals surface area contributed by atoms with Gasteiger partial charge in [0.15, 0.2) is 0 Å². The molecule has 90 valence electrons. The summed E-state index contributed by atoms with van der Waals surface area (Å²) < 4.78 is 5.97. The molecule has 0 saturated heterocycles. The van der Waals surface area contributed by atoms with Crippen LogP contribution in [0.2, 0.25) is 0 Å². The van der Waals surface area contributed by atoms with E-state index in [9.17, 15) is 0 Å². The Balaban J connectivity index is 2.41. The molecule has 0 aliphatic carbocycles. The molecule has 1 aromatic rings. The molecule has 0 aromatic heterocycles. The molecular weight excluding hydrogens is 212 g/mol. The van der Waals surface area contributed by atoms with E-state index in [2.05, 4.69) is 24.7 Å². The highest BCUT2D eigenvalue weighted by atomic mass is 16.5. The zero-order valence-electron chi connectivity index (χ0n) is 10.4. The lowest BCUT2D eigenvalue weighted by Gasteiger charge is -2.40. The molecule has 0 unspecified atom stereocenters. The lowest BCUT2D eigenvalue weighted by atomic mass is 10.0. The highest BCUT2D eigenvalue weighted by Crippen LogP contribution is 2.37. The number of ether oxygens (including phenoxy) is 1. The molecule has 0 atom stereocenters. The van der Waals surface area contributed by atoms with Crippen LogP contribution in [0, 0.1) is 12.3 Å². The third kappa shape index (κ3) is 2.37. The maximum Gasteiger partial charge on any atom is 0.143 e. The summed E-state index contributed by atoms with van der Waals surface area (Å²) in [5.74, 6) is 3.56. The van der Waals surface area contributed by atoms with Crippen molar-refractivity contribution >= 4 is 5.69 Å². The van der Waals surface area contributed by atoms with E-state index >= 15 is 0 Å². The minimum absolute atomic E-state index is 0.225. The molecule has 0 saturated carbocycles. The Morgan fingerprint density at radius 2 is 2.29 bits per heavy atom. The van der Waals surface area contributed by atoms with E-state index in [4.69, 9.17) is 16.9 Å². The molecule has 1 aromatic carbocycles. The van der Waals surface area contributed by atoms with E-state index in [0.29, 0.717) is 13.1 Å². The normalized spacial score (nSPS) is 16.9. The summed E-state index contributed by atoms with van der Waals surface area (Å²) in [6, 6.07) is 6.05. The Bertz CT molecular complexity index is 460. The number of fused-ring (bicyclic) bond motifs is 1. The number of rotatable bonds is 2. The first-order valence-corrected chi connectivity index (χ1v) is 5.76. The van der Waals surface area contributed by atoms with Gasteiger partial charge in [-0.2, -0.15) is 0 Å². The van der Waals surface area contributed by atoms with Crippen molar-refractivity contribution in [2.24, 2.45) is 5.73 Å². The molecule has 0 fully saturated rings. The quantitative estimate of drug-likeness (QED) is 0.787. The van der Waals surface area contributed by atoms with Crippen LogP contribution < -0.4 is 15.4 Å². The number of terminal acetylenes is 1. The van der Waals surface area contributed by atoms with Gasteiger partial charge in [-0.1, -0.05) is 12.0 Å². The maximum atomic E-state index is 5.97. The molecule has 0 amide bonds. The number of benzene rings is 1. The number of hydrogen-bond acceptors (Lipinski definition) is 3. The summed E-state index contributed by atoms with van der Waals surface area (Å²) in [5.41, 5.74) is 7.54. The van der Waals surface area contributed by atoms with Gasteiger partial charge >= 0.3 is 0 Å². The minimum Gasteiger partial charge on any atom is -0.484 e. The van der Waals surface area contributed by atoms with Crippen LogP contribution in [0.25, 0.3) is 0 Å². The van der Waals surface area contributed by atoms with Crippen LogP contribution in [-0.2, 0) is 6.54 Å². The fraction of sp³-hybridized carbons (Fsp3) is 0.429. The van der Waals surface area contributed by atoms with E-state index < -0.39 is 0 Å². The standard InChI is InChI=1S/C14H18N2O/c1-4-7-16-10-14(2,3)17-13-8-11(9-15)5-6-12(13)16/h1,5-6,8H,7,9-10,15H2,2-3H3. The molecule has 3 heteroatoms. The van der Waals surface area contributed by atoms with Gasteiger partial charge in [0.1, 0.15) is 11.4 Å². The minimum atomic E-state index is -0.225. The number of hydrogen-bond donors (Lipinski definition) is 1. The molecule has 17 heavy (non-hydrogen) atoms. The largest absolute Gasteiger partial charge is 0.484 e. The monoisotopic (exact) mass is 230 g/mol. The van der Waals surface area contributed by atoms with Crippen molar-refractivity contribution in [1.29, 1.82) is 0 Å². The Hall–Kier alpha value is -1.66. The molecule has 0 spiro atoms. The summed E-state index contributed by atoms with van der Waals surface area (Å²) >= 11 is 0. The van der Waals surface area contributed by atoms with Crippen LogP contribution >= 0.6 is 0 Å². The Kier molecular flexibility index (Phi) is 2.99. The molecule has 1 heterocycles. The van der Waals surface area contributed by atoms with Crippen molar-refractivity contribution in [3.63, 3.8) is 0 Å². The van der Waals surface area contributed by atoms with E-state index in [1.807, 2.05) is 18.2 Å². The van der Waals surface area contributed by atoms with Crippen molar-refractivity contribution in [2.45, 2.75) is 26.0 Å². The van der Waals surface area contributed by atoms with Gasteiger partial charge in [-0.25, -0.2) is 0 Å². The zero-order valence-corrected chi connectivity index (χ0v) is 10.4. The van der Waals surface area contributed by atoms with E-state index in [1.165, 1.54) is 0 Å². The molecule has 1 aliphatic rings. The van der Waals surface area contributed by atoms with Gasteiger partial charge in [-0.3, -0.25) is 0 Å². The Labute approximate surface area is 103 Å². The number of anilines is 1. The second-order valence-electron chi connectivity index (χ2n) is 4.93. The van der Waals surface area contributed by atoms with E-state index in [1.54, 1.807) is 0 Å². The summed E-state index contributed by atoms with van der Waals surface area (Å²) in [7, 11) is 0. The second-order valence-corrected chi connectivity index (χ2v) is 4.93. The van der Waals surface area contributed by atoms with Crippen molar-refractivity contribution < 1.29 is 4.74 Å². The van der Waals surface area contributed by atoms with Crippen LogP contribution in [0.1, 0.15) is 19.4 Å². The lowest BCUT2D eigenvalue weighted by Crippen LogP contribution is -2.47. The van der Waals surface area contributed by atoms with Gasteiger partial charge in [0.25, 0.3) is 0 Å². The molecule has 3 nitrogen and oxygen atoms in total. The van der Waals surface area contributed by atoms with Gasteiger partial charge in [0.05, 0.1) is 18.8 Å². The molecule has 2 N–H and O–H groups in total. The van der Waals surface area contributed by atoms with E-state index in [-0.39, 0.29) is 5.60 Å². The number of nitrogens with two attached hydrogens (primary N) is 1. The van der Waals surface area contributed by atoms with Crippen molar-refractivity contribution in [3.05, 3.63) is 23.8 Å². The third-order valence-electron chi connectivity index (χ3n) is 2.84. The topological polar surface area (TPSA) is 38.5 Å². The third-order valence-corrected chi connectivity index (χ3v) is 2.84. The summed E-state index contributed by atoms with van der Waals surface area (Å²) in [6.45, 7) is 6.04. The average molecular weight is 230 g/mol. The first-order valence-electron chi connectivity index (χ1n) is 5.76. The molecule has 1 aliphatic heterocycles. The summed E-state index contributed by atoms with van der Waals surface area (Å²) in [6.07, 6.45) is 5.41. The van der Waals surface area contributed by atoms with Crippen molar-refractivity contribution in [3.8, 4) is 18.1 Å². The van der Waals surface area contributed by atoms with Crippen LogP contribution in [0.3, 0.4) is 0 Å². The Morgan fingerprint density at radius 3 is 2.94 bits per heavy atom. The summed E-state index contributed by atoms with van der Waals surface area (Å²) in [5, 5.41) is 0. The van der Waals surface area contributed by atoms with Crippen LogP contribution in [0.5, 0.6) is 5.75 Å². The Morgan fingerprint density at radius 1 is 1.53 bits per heavy atom. The van der Waals surface area contributed by atoms with E-state index in [0.717, 1.165) is 23.5 Å². The predicted molar refractivity (Wildman–Crippen MR) is 70.1 cm³/mol. The average Bonchev–Trinajstić information content (AvgIpc) is 2.27. The van der Waals surface area contributed by atoms with Crippen LogP contribution in [-0.4, -0.2) is 18.7 Å². The lowest BCUT2D eigenvalue weighted by molar-refractivity contribution is 0.106. The smallest absolute Gasteiger partial charge is 0.143 e. The van der Waals surface area contributed by atoms with Crippen LogP contribution in [0.15, 0.2) is 18.2 Å². The van der Waals surface area contributed by atoms with Gasteiger partial charge in [-0.05, 0) is 31.5 Å². The maximum absolute atomic E-state index is 5.97. The molecule has 0 radical (unpaired) electrons. The highest BCUT2D eigenvalue weighted by Gasteiger charge is 2.31. The zero-order chi connectivity index (χ0) is 12.5. The molecule has 2 rings (SSSR count). The SMILES string of the molecule is C#CCN1CC(C)(C)Oc2cc(CN)ccc21. The van der Waals surface area contributed by atoms with Crippen molar-refractivity contribution in [2.75, 3.05) is 18.0 Å². The predicted octanol–water partition coefficient (Wildman–Crippen LogP) is 1.76.